The van der Waals surface area contributed by atoms with Crippen molar-refractivity contribution in [3.05, 3.63) is 95.6 Å². The molecule has 3 N–H and O–H groups in total. The molecule has 0 bridgehead atoms. The number of nitrogens with zero attached hydrogens (tertiary/aromatic N) is 1. The van der Waals surface area contributed by atoms with Gasteiger partial charge in [0.25, 0.3) is 5.91 Å². The lowest BCUT2D eigenvalue weighted by atomic mass is 10.1. The zero-order valence-corrected chi connectivity index (χ0v) is 17.3. The summed E-state index contributed by atoms with van der Waals surface area (Å²) in [7, 11) is 1.70. The SMILES string of the molecule is COc1ccccc1CCN1c2ccccc2NC1c1cccc(/C=C/C(=O)NO)c1. The van der Waals surface area contributed by atoms with Crippen molar-refractivity contribution in [2.45, 2.75) is 12.6 Å². The number of carbonyl (C=O) groups excluding carboxylic acids is 1. The number of methoxy groups -OCH3 is 1. The van der Waals surface area contributed by atoms with E-state index in [-0.39, 0.29) is 6.17 Å². The number of hydrogen-bond acceptors (Lipinski definition) is 5. The number of amides is 1. The van der Waals surface area contributed by atoms with Crippen molar-refractivity contribution in [2.75, 3.05) is 23.9 Å². The van der Waals surface area contributed by atoms with Crippen LogP contribution >= 0.6 is 0 Å². The Morgan fingerprint density at radius 3 is 2.77 bits per heavy atom. The number of ether oxygens (including phenoxy) is 1. The third-order valence-corrected chi connectivity index (χ3v) is 5.40. The van der Waals surface area contributed by atoms with Crippen molar-refractivity contribution in [3.63, 3.8) is 0 Å². The summed E-state index contributed by atoms with van der Waals surface area (Å²) in [5.41, 5.74) is 6.99. The van der Waals surface area contributed by atoms with Gasteiger partial charge in [-0.05, 0) is 53.5 Å². The van der Waals surface area contributed by atoms with Crippen molar-refractivity contribution in [2.24, 2.45) is 0 Å². The van der Waals surface area contributed by atoms with E-state index in [2.05, 4.69) is 34.5 Å². The summed E-state index contributed by atoms with van der Waals surface area (Å²) in [6.07, 6.45) is 3.78. The molecular weight excluding hydrogens is 390 g/mol. The van der Waals surface area contributed by atoms with Crippen LogP contribution in [0.15, 0.2) is 78.9 Å². The highest BCUT2D eigenvalue weighted by atomic mass is 16.5. The Morgan fingerprint density at radius 1 is 1.13 bits per heavy atom. The quantitative estimate of drug-likeness (QED) is 0.303. The number of para-hydroxylation sites is 3. The Kier molecular flexibility index (Phi) is 6.19. The molecule has 1 amide bonds. The summed E-state index contributed by atoms with van der Waals surface area (Å²) in [5, 5.41) is 12.3. The van der Waals surface area contributed by atoms with E-state index in [4.69, 9.17) is 9.94 Å². The van der Waals surface area contributed by atoms with E-state index in [1.54, 1.807) is 18.7 Å². The molecule has 0 fully saturated rings. The van der Waals surface area contributed by atoms with Gasteiger partial charge in [0, 0.05) is 12.6 Å². The number of anilines is 2. The molecule has 3 aromatic rings. The molecule has 1 unspecified atom stereocenters. The smallest absolute Gasteiger partial charge is 0.267 e. The number of fused-ring (bicyclic) bond motifs is 1. The number of nitrogens with one attached hydrogen (secondary N) is 2. The normalized spacial score (nSPS) is 14.9. The highest BCUT2D eigenvalue weighted by molar-refractivity contribution is 5.90. The van der Waals surface area contributed by atoms with Gasteiger partial charge in [0.1, 0.15) is 11.9 Å². The molecule has 3 aromatic carbocycles. The largest absolute Gasteiger partial charge is 0.496 e. The second kappa shape index (κ2) is 9.36. The van der Waals surface area contributed by atoms with E-state index in [1.165, 1.54) is 11.6 Å². The number of hydrogen-bond donors (Lipinski definition) is 3. The summed E-state index contributed by atoms with van der Waals surface area (Å²) in [6.45, 7) is 0.808. The summed E-state index contributed by atoms with van der Waals surface area (Å²) in [5.74, 6) is 0.337. The molecule has 0 aromatic heterocycles. The lowest BCUT2D eigenvalue weighted by Gasteiger charge is -2.28. The number of benzene rings is 3. The predicted molar refractivity (Wildman–Crippen MR) is 122 cm³/mol. The topological polar surface area (TPSA) is 73.8 Å². The summed E-state index contributed by atoms with van der Waals surface area (Å²) >= 11 is 0. The Labute approximate surface area is 181 Å². The number of rotatable bonds is 7. The van der Waals surface area contributed by atoms with Gasteiger partial charge in [-0.25, -0.2) is 5.48 Å². The molecule has 31 heavy (non-hydrogen) atoms. The van der Waals surface area contributed by atoms with Crippen LogP contribution in [0.1, 0.15) is 22.9 Å². The monoisotopic (exact) mass is 415 g/mol. The predicted octanol–water partition coefficient (Wildman–Crippen LogP) is 4.39. The zero-order valence-electron chi connectivity index (χ0n) is 17.3. The maximum absolute atomic E-state index is 11.3. The highest BCUT2D eigenvalue weighted by Gasteiger charge is 2.29. The van der Waals surface area contributed by atoms with Crippen LogP contribution in [0.4, 0.5) is 11.4 Å². The first kappa shape index (κ1) is 20.5. The molecule has 158 valence electrons. The highest BCUT2D eigenvalue weighted by Crippen LogP contribution is 2.41. The van der Waals surface area contributed by atoms with Gasteiger partial charge in [-0.15, -0.1) is 0 Å². The van der Waals surface area contributed by atoms with E-state index in [1.807, 2.05) is 48.5 Å². The Bertz CT molecular complexity index is 1100. The third kappa shape index (κ3) is 4.54. The van der Waals surface area contributed by atoms with Crippen LogP contribution in [0.3, 0.4) is 0 Å². The van der Waals surface area contributed by atoms with Gasteiger partial charge in [-0.2, -0.15) is 0 Å². The van der Waals surface area contributed by atoms with Crippen molar-refractivity contribution in [1.29, 1.82) is 0 Å². The molecule has 6 nitrogen and oxygen atoms in total. The molecule has 1 aliphatic heterocycles. The van der Waals surface area contributed by atoms with Crippen molar-refractivity contribution < 1.29 is 14.7 Å². The first-order chi connectivity index (χ1) is 15.2. The molecule has 1 aliphatic rings. The van der Waals surface area contributed by atoms with Gasteiger partial charge in [0.05, 0.1) is 18.5 Å². The minimum absolute atomic E-state index is 0.0351. The fourth-order valence-electron chi connectivity index (χ4n) is 3.92. The number of hydroxylamine groups is 1. The molecule has 1 atom stereocenters. The van der Waals surface area contributed by atoms with E-state index >= 15 is 0 Å². The maximum Gasteiger partial charge on any atom is 0.267 e. The van der Waals surface area contributed by atoms with Gasteiger partial charge < -0.3 is 15.0 Å². The fraction of sp³-hybridized carbons (Fsp3) is 0.160. The average Bonchev–Trinajstić information content (AvgIpc) is 3.20. The van der Waals surface area contributed by atoms with E-state index < -0.39 is 5.91 Å². The van der Waals surface area contributed by atoms with Gasteiger partial charge in [-0.3, -0.25) is 10.0 Å². The van der Waals surface area contributed by atoms with Crippen LogP contribution in [0.5, 0.6) is 5.75 Å². The minimum atomic E-state index is -0.560. The standard InChI is InChI=1S/C25H25N3O3/c1-31-23-12-5-2-8-19(23)15-16-28-22-11-4-3-10-21(22)26-25(28)20-9-6-7-18(17-20)13-14-24(29)27-30/h2-14,17,25-26,30H,15-16H2,1H3,(H,27,29)/b14-13+. The summed E-state index contributed by atoms with van der Waals surface area (Å²) < 4.78 is 5.52. The molecule has 0 radical (unpaired) electrons. The minimum Gasteiger partial charge on any atom is -0.496 e. The molecule has 0 aliphatic carbocycles. The Hall–Kier alpha value is -3.77. The second-order valence-electron chi connectivity index (χ2n) is 7.30. The molecule has 0 spiro atoms. The van der Waals surface area contributed by atoms with Gasteiger partial charge in [0.2, 0.25) is 0 Å². The zero-order chi connectivity index (χ0) is 21.6. The molecule has 6 heteroatoms. The summed E-state index contributed by atoms with van der Waals surface area (Å²) in [4.78, 5) is 13.7. The van der Waals surface area contributed by atoms with Gasteiger partial charge in [-0.1, -0.05) is 48.5 Å². The first-order valence-corrected chi connectivity index (χ1v) is 10.2. The van der Waals surface area contributed by atoms with E-state index in [9.17, 15) is 4.79 Å². The van der Waals surface area contributed by atoms with Crippen LogP contribution in [-0.2, 0) is 11.2 Å². The molecule has 0 saturated carbocycles. The van der Waals surface area contributed by atoms with Crippen molar-refractivity contribution in [1.82, 2.24) is 5.48 Å². The molecule has 1 heterocycles. The first-order valence-electron chi connectivity index (χ1n) is 10.2. The molecule has 0 saturated heterocycles. The van der Waals surface area contributed by atoms with Gasteiger partial charge in [0.15, 0.2) is 0 Å². The lowest BCUT2D eigenvalue weighted by Crippen LogP contribution is -2.30. The van der Waals surface area contributed by atoms with Crippen LogP contribution in [0, 0.1) is 0 Å². The lowest BCUT2D eigenvalue weighted by molar-refractivity contribution is -0.124. The Balaban J connectivity index is 1.61. The summed E-state index contributed by atoms with van der Waals surface area (Å²) in [6, 6.07) is 24.4. The van der Waals surface area contributed by atoms with E-state index in [0.717, 1.165) is 41.2 Å². The average molecular weight is 415 g/mol. The molecule has 4 rings (SSSR count). The maximum atomic E-state index is 11.3. The Morgan fingerprint density at radius 2 is 1.94 bits per heavy atom. The van der Waals surface area contributed by atoms with E-state index in [0.29, 0.717) is 0 Å². The molecular formula is C25H25N3O3. The van der Waals surface area contributed by atoms with Crippen LogP contribution < -0.4 is 20.4 Å². The van der Waals surface area contributed by atoms with Crippen LogP contribution in [0.2, 0.25) is 0 Å². The van der Waals surface area contributed by atoms with Crippen molar-refractivity contribution >= 4 is 23.4 Å². The third-order valence-electron chi connectivity index (χ3n) is 5.40. The van der Waals surface area contributed by atoms with Gasteiger partial charge >= 0.3 is 0 Å². The van der Waals surface area contributed by atoms with Crippen LogP contribution in [0.25, 0.3) is 6.08 Å². The second-order valence-corrected chi connectivity index (χ2v) is 7.30. The van der Waals surface area contributed by atoms with Crippen LogP contribution in [-0.4, -0.2) is 24.8 Å². The number of carbonyl (C=O) groups is 1. The van der Waals surface area contributed by atoms with Crippen molar-refractivity contribution in [3.8, 4) is 5.75 Å². The fourth-order valence-corrected chi connectivity index (χ4v) is 3.92.